The largest absolute Gasteiger partial charge is 0.327 e. The molecule has 0 rings (SSSR count). The van der Waals surface area contributed by atoms with E-state index in [1.54, 1.807) is 0 Å². The van der Waals surface area contributed by atoms with Crippen molar-refractivity contribution in [3.8, 4) is 0 Å². The zero-order chi connectivity index (χ0) is 28.9. The van der Waals surface area contributed by atoms with Gasteiger partial charge in [0.1, 0.15) is 0 Å². The van der Waals surface area contributed by atoms with Crippen LogP contribution in [-0.4, -0.2) is 25.8 Å². The molecule has 0 fully saturated rings. The fraction of sp³-hybridized carbons (Fsp3) is 1.00. The Morgan fingerprint density at radius 1 is 0.359 bits per heavy atom. The molecule has 0 aliphatic rings. The van der Waals surface area contributed by atoms with Crippen molar-refractivity contribution < 1.29 is 14.2 Å². The quantitative estimate of drug-likeness (QED) is 0.0611. The molecule has 0 heterocycles. The molecule has 0 bridgehead atoms. The van der Waals surface area contributed by atoms with Crippen molar-refractivity contribution in [3.05, 3.63) is 0 Å². The molecule has 0 N–H and O–H groups in total. The summed E-state index contributed by atoms with van der Waals surface area (Å²) in [7, 11) is 0. The Labute approximate surface area is 247 Å². The van der Waals surface area contributed by atoms with Crippen molar-refractivity contribution in [3.63, 3.8) is 0 Å². The van der Waals surface area contributed by atoms with Gasteiger partial charge in [-0.05, 0) is 31.1 Å². The highest BCUT2D eigenvalue weighted by Crippen LogP contribution is 2.37. The van der Waals surface area contributed by atoms with E-state index in [2.05, 4.69) is 41.5 Å². The fourth-order valence-electron chi connectivity index (χ4n) is 5.49. The van der Waals surface area contributed by atoms with Crippen molar-refractivity contribution in [2.24, 2.45) is 5.41 Å². The van der Waals surface area contributed by atoms with Crippen LogP contribution >= 0.6 is 0 Å². The second-order valence-corrected chi connectivity index (χ2v) is 13.0. The number of ether oxygens (including phenoxy) is 3. The Morgan fingerprint density at radius 2 is 0.641 bits per heavy atom. The van der Waals surface area contributed by atoms with Crippen LogP contribution in [-0.2, 0) is 14.2 Å². The van der Waals surface area contributed by atoms with E-state index < -0.39 is 5.97 Å². The van der Waals surface area contributed by atoms with Gasteiger partial charge in [-0.2, -0.15) is 0 Å². The maximum absolute atomic E-state index is 6.66. The first-order chi connectivity index (χ1) is 18.9. The fourth-order valence-corrected chi connectivity index (χ4v) is 5.49. The molecule has 0 aromatic rings. The molecule has 0 amide bonds. The minimum atomic E-state index is -0.886. The van der Waals surface area contributed by atoms with Crippen molar-refractivity contribution in [1.82, 2.24) is 0 Å². The Morgan fingerprint density at radius 3 is 0.974 bits per heavy atom. The molecule has 0 aliphatic heterocycles. The molecule has 0 atom stereocenters. The second kappa shape index (κ2) is 28.0. The topological polar surface area (TPSA) is 27.7 Å². The summed E-state index contributed by atoms with van der Waals surface area (Å²) in [5, 5.41) is 0. The lowest BCUT2D eigenvalue weighted by Gasteiger charge is -2.39. The standard InChI is InChI=1S/C36H74O3/c1-7-11-15-19-23-27-31-37-36(38-32-28-24-20-16-12-8-2,39-33-29-25-21-17-13-9-3)34-35(5,6)30-26-22-18-14-10-4/h7-34H2,1-6H3. The molecule has 3 heteroatoms. The maximum atomic E-state index is 6.66. The van der Waals surface area contributed by atoms with Crippen LogP contribution < -0.4 is 0 Å². The summed E-state index contributed by atoms with van der Waals surface area (Å²) in [6, 6.07) is 0. The third kappa shape index (κ3) is 25.3. The number of hydrogen-bond donors (Lipinski definition) is 0. The van der Waals surface area contributed by atoms with E-state index in [1.807, 2.05) is 0 Å². The van der Waals surface area contributed by atoms with Gasteiger partial charge >= 0.3 is 0 Å². The summed E-state index contributed by atoms with van der Waals surface area (Å²) >= 11 is 0. The summed E-state index contributed by atoms with van der Waals surface area (Å²) in [5.41, 5.74) is 0.135. The Balaban J connectivity index is 5.16. The molecular weight excluding hydrogens is 480 g/mol. The van der Waals surface area contributed by atoms with Crippen molar-refractivity contribution in [2.45, 2.75) is 208 Å². The zero-order valence-electron chi connectivity index (χ0n) is 28.0. The van der Waals surface area contributed by atoms with Gasteiger partial charge in [0.15, 0.2) is 0 Å². The van der Waals surface area contributed by atoms with Crippen LogP contribution in [0.4, 0.5) is 0 Å². The number of hydrogen-bond acceptors (Lipinski definition) is 3. The van der Waals surface area contributed by atoms with Gasteiger partial charge in [0, 0.05) is 6.42 Å². The van der Waals surface area contributed by atoms with E-state index in [0.29, 0.717) is 0 Å². The molecule has 0 aromatic heterocycles. The van der Waals surface area contributed by atoms with Crippen LogP contribution in [0.25, 0.3) is 0 Å². The minimum absolute atomic E-state index is 0.135. The molecule has 0 aromatic carbocycles. The molecule has 39 heavy (non-hydrogen) atoms. The molecule has 0 unspecified atom stereocenters. The average molecular weight is 555 g/mol. The summed E-state index contributed by atoms with van der Waals surface area (Å²) in [5.74, 6) is -0.886. The van der Waals surface area contributed by atoms with E-state index in [1.165, 1.54) is 135 Å². The van der Waals surface area contributed by atoms with Gasteiger partial charge < -0.3 is 14.2 Å². The zero-order valence-corrected chi connectivity index (χ0v) is 28.0. The molecule has 0 radical (unpaired) electrons. The van der Waals surface area contributed by atoms with Gasteiger partial charge in [0.25, 0.3) is 5.97 Å². The third-order valence-corrected chi connectivity index (χ3v) is 8.11. The van der Waals surface area contributed by atoms with Crippen LogP contribution in [0.5, 0.6) is 0 Å². The van der Waals surface area contributed by atoms with E-state index in [4.69, 9.17) is 14.2 Å². The number of rotatable bonds is 32. The van der Waals surface area contributed by atoms with Crippen LogP contribution in [0.2, 0.25) is 0 Å². The SMILES string of the molecule is CCCCCCCCOC(CC(C)(C)CCCCCCC)(OCCCCCCCC)OCCCCCCCC. The monoisotopic (exact) mass is 555 g/mol. The smallest absolute Gasteiger partial charge is 0.283 e. The maximum Gasteiger partial charge on any atom is 0.283 e. The molecular formula is C36H74O3. The summed E-state index contributed by atoms with van der Waals surface area (Å²) in [6.07, 6.45) is 31.6. The molecule has 0 spiro atoms. The Bertz CT molecular complexity index is 430. The van der Waals surface area contributed by atoms with Gasteiger partial charge in [0.2, 0.25) is 0 Å². The first-order valence-corrected chi connectivity index (χ1v) is 17.9. The van der Waals surface area contributed by atoms with Crippen LogP contribution in [0.15, 0.2) is 0 Å². The highest BCUT2D eigenvalue weighted by atomic mass is 16.9. The third-order valence-electron chi connectivity index (χ3n) is 8.11. The second-order valence-electron chi connectivity index (χ2n) is 13.0. The van der Waals surface area contributed by atoms with Gasteiger partial charge in [-0.15, -0.1) is 0 Å². The molecule has 0 aliphatic carbocycles. The summed E-state index contributed by atoms with van der Waals surface area (Å²) < 4.78 is 20.0. The van der Waals surface area contributed by atoms with E-state index in [0.717, 1.165) is 45.5 Å². The molecule has 0 saturated carbocycles. The summed E-state index contributed by atoms with van der Waals surface area (Å²) in [6.45, 7) is 16.2. The van der Waals surface area contributed by atoms with Gasteiger partial charge in [-0.3, -0.25) is 0 Å². The Kier molecular flexibility index (Phi) is 27.9. The van der Waals surface area contributed by atoms with Gasteiger partial charge in [-0.1, -0.05) is 170 Å². The molecule has 3 nitrogen and oxygen atoms in total. The van der Waals surface area contributed by atoms with E-state index in [9.17, 15) is 0 Å². The molecule has 0 saturated heterocycles. The van der Waals surface area contributed by atoms with Crippen LogP contribution in [0.1, 0.15) is 202 Å². The predicted octanol–water partition coefficient (Wildman–Crippen LogP) is 12.5. The van der Waals surface area contributed by atoms with Crippen LogP contribution in [0.3, 0.4) is 0 Å². The summed E-state index contributed by atoms with van der Waals surface area (Å²) in [4.78, 5) is 0. The lowest BCUT2D eigenvalue weighted by molar-refractivity contribution is -0.392. The van der Waals surface area contributed by atoms with Gasteiger partial charge in [0.05, 0.1) is 19.8 Å². The predicted molar refractivity (Wildman–Crippen MR) is 172 cm³/mol. The lowest BCUT2D eigenvalue weighted by Crippen LogP contribution is -2.44. The first kappa shape index (κ1) is 38.9. The normalized spacial score (nSPS) is 12.5. The van der Waals surface area contributed by atoms with Crippen molar-refractivity contribution in [2.75, 3.05) is 19.8 Å². The first-order valence-electron chi connectivity index (χ1n) is 17.9. The Hall–Kier alpha value is -0.120. The van der Waals surface area contributed by atoms with E-state index >= 15 is 0 Å². The highest BCUT2D eigenvalue weighted by Gasteiger charge is 2.39. The van der Waals surface area contributed by atoms with Gasteiger partial charge in [-0.25, -0.2) is 0 Å². The van der Waals surface area contributed by atoms with E-state index in [-0.39, 0.29) is 5.41 Å². The van der Waals surface area contributed by atoms with Crippen molar-refractivity contribution in [1.29, 1.82) is 0 Å². The lowest BCUT2D eigenvalue weighted by atomic mass is 9.82. The minimum Gasteiger partial charge on any atom is -0.327 e. The van der Waals surface area contributed by atoms with Crippen molar-refractivity contribution >= 4 is 0 Å². The molecule has 236 valence electrons. The van der Waals surface area contributed by atoms with Crippen LogP contribution in [0, 0.1) is 5.41 Å². The average Bonchev–Trinajstić information content (AvgIpc) is 2.91. The highest BCUT2D eigenvalue weighted by molar-refractivity contribution is 4.76. The number of unbranched alkanes of at least 4 members (excludes halogenated alkanes) is 19.